The zero-order valence-electron chi connectivity index (χ0n) is 12.7. The Morgan fingerprint density at radius 3 is 2.52 bits per heavy atom. The molecular formula is C17H23NO3. The fourth-order valence-electron chi connectivity index (χ4n) is 3.02. The van der Waals surface area contributed by atoms with Gasteiger partial charge in [-0.2, -0.15) is 0 Å². The molecular weight excluding hydrogens is 266 g/mol. The molecule has 2 aliphatic rings. The molecule has 1 heterocycles. The van der Waals surface area contributed by atoms with E-state index in [9.17, 15) is 4.79 Å². The number of carbonyl (C=O) groups excluding carboxylic acids is 1. The van der Waals surface area contributed by atoms with E-state index in [4.69, 9.17) is 9.47 Å². The average Bonchev–Trinajstić information content (AvgIpc) is 3.22. The number of ether oxygens (including phenoxy) is 2. The summed E-state index contributed by atoms with van der Waals surface area (Å²) in [6.45, 7) is 2.85. The van der Waals surface area contributed by atoms with Crippen LogP contribution in [0.2, 0.25) is 0 Å². The molecule has 1 aromatic carbocycles. The number of nitrogens with zero attached hydrogens (tertiary/aromatic N) is 1. The van der Waals surface area contributed by atoms with Crippen LogP contribution in [-0.4, -0.2) is 31.8 Å². The zero-order chi connectivity index (χ0) is 14.8. The number of anilines is 1. The second-order valence-electron chi connectivity index (χ2n) is 5.99. The molecule has 0 radical (unpaired) electrons. The fraction of sp³-hybridized carbons (Fsp3) is 0.588. The van der Waals surface area contributed by atoms with E-state index in [2.05, 4.69) is 6.92 Å². The minimum absolute atomic E-state index is 0.108. The first-order chi connectivity index (χ1) is 10.2. The van der Waals surface area contributed by atoms with Crippen LogP contribution >= 0.6 is 0 Å². The molecule has 3 rings (SSSR count). The highest BCUT2D eigenvalue weighted by molar-refractivity contribution is 5.97. The first kappa shape index (κ1) is 14.4. The highest BCUT2D eigenvalue weighted by Gasteiger charge is 2.38. The maximum atomic E-state index is 12.8. The van der Waals surface area contributed by atoms with Crippen LogP contribution in [-0.2, 0) is 9.53 Å². The van der Waals surface area contributed by atoms with Gasteiger partial charge in [0.25, 0.3) is 5.91 Å². The molecule has 114 valence electrons. The Bertz CT molecular complexity index is 489. The van der Waals surface area contributed by atoms with Crippen LogP contribution in [0.25, 0.3) is 0 Å². The van der Waals surface area contributed by atoms with Gasteiger partial charge in [-0.3, -0.25) is 4.79 Å². The molecule has 1 aliphatic carbocycles. The Kier molecular flexibility index (Phi) is 4.15. The minimum atomic E-state index is -0.270. The summed E-state index contributed by atoms with van der Waals surface area (Å²) in [6, 6.07) is 7.97. The van der Waals surface area contributed by atoms with Gasteiger partial charge < -0.3 is 14.4 Å². The van der Waals surface area contributed by atoms with Gasteiger partial charge in [0.2, 0.25) is 0 Å². The summed E-state index contributed by atoms with van der Waals surface area (Å²) in [5.74, 6) is 1.54. The van der Waals surface area contributed by atoms with Gasteiger partial charge in [-0.1, -0.05) is 0 Å². The van der Waals surface area contributed by atoms with Crippen LogP contribution in [0.4, 0.5) is 5.69 Å². The Hall–Kier alpha value is -1.55. The summed E-state index contributed by atoms with van der Waals surface area (Å²) in [5, 5.41) is 0. The molecule has 21 heavy (non-hydrogen) atoms. The van der Waals surface area contributed by atoms with Crippen molar-refractivity contribution in [1.29, 1.82) is 0 Å². The Morgan fingerprint density at radius 1 is 1.29 bits per heavy atom. The molecule has 0 bridgehead atoms. The first-order valence-electron chi connectivity index (χ1n) is 7.79. The van der Waals surface area contributed by atoms with Crippen molar-refractivity contribution in [3.63, 3.8) is 0 Å². The van der Waals surface area contributed by atoms with Gasteiger partial charge in [-0.15, -0.1) is 0 Å². The molecule has 0 spiro atoms. The highest BCUT2D eigenvalue weighted by atomic mass is 16.5. The maximum absolute atomic E-state index is 12.8. The lowest BCUT2D eigenvalue weighted by Gasteiger charge is -2.31. The molecule has 2 fully saturated rings. The van der Waals surface area contributed by atoms with Gasteiger partial charge >= 0.3 is 0 Å². The first-order valence-corrected chi connectivity index (χ1v) is 7.79. The molecule has 0 aromatic heterocycles. The average molecular weight is 289 g/mol. The topological polar surface area (TPSA) is 38.8 Å². The summed E-state index contributed by atoms with van der Waals surface area (Å²) in [5.41, 5.74) is 0.940. The van der Waals surface area contributed by atoms with E-state index >= 15 is 0 Å². The summed E-state index contributed by atoms with van der Waals surface area (Å²) >= 11 is 0. The van der Waals surface area contributed by atoms with E-state index in [1.165, 1.54) is 12.8 Å². The Morgan fingerprint density at radius 2 is 2.00 bits per heavy atom. The van der Waals surface area contributed by atoms with E-state index < -0.39 is 0 Å². The SMILES string of the molecule is COc1ccc(N(C(=O)C2CCCO2)C(C)C2CC2)cc1. The van der Waals surface area contributed by atoms with Crippen LogP contribution in [0.1, 0.15) is 32.6 Å². The monoisotopic (exact) mass is 289 g/mol. The second-order valence-corrected chi connectivity index (χ2v) is 5.99. The van der Waals surface area contributed by atoms with Crippen molar-refractivity contribution in [2.24, 2.45) is 5.92 Å². The lowest BCUT2D eigenvalue weighted by molar-refractivity contribution is -0.127. The number of rotatable bonds is 5. The largest absolute Gasteiger partial charge is 0.497 e. The maximum Gasteiger partial charge on any atom is 0.256 e. The summed E-state index contributed by atoms with van der Waals surface area (Å²) in [6.07, 6.45) is 3.97. The third-order valence-corrected chi connectivity index (χ3v) is 4.50. The zero-order valence-corrected chi connectivity index (χ0v) is 12.7. The lowest BCUT2D eigenvalue weighted by Crippen LogP contribution is -2.45. The predicted octanol–water partition coefficient (Wildman–Crippen LogP) is 3.01. The van der Waals surface area contributed by atoms with Crippen molar-refractivity contribution in [1.82, 2.24) is 0 Å². The number of amides is 1. The van der Waals surface area contributed by atoms with Crippen LogP contribution in [0.3, 0.4) is 0 Å². The quantitative estimate of drug-likeness (QED) is 0.836. The summed E-state index contributed by atoms with van der Waals surface area (Å²) in [4.78, 5) is 14.8. The molecule has 2 atom stereocenters. The van der Waals surface area contributed by atoms with Crippen molar-refractivity contribution in [2.45, 2.75) is 44.8 Å². The van der Waals surface area contributed by atoms with Gasteiger partial charge in [0.05, 0.1) is 7.11 Å². The summed E-state index contributed by atoms with van der Waals surface area (Å²) < 4.78 is 10.8. The van der Waals surface area contributed by atoms with Crippen LogP contribution in [0.5, 0.6) is 5.75 Å². The van der Waals surface area contributed by atoms with Gasteiger partial charge in [0.15, 0.2) is 0 Å². The molecule has 1 aliphatic heterocycles. The van der Waals surface area contributed by atoms with E-state index in [1.54, 1.807) is 7.11 Å². The van der Waals surface area contributed by atoms with Crippen molar-refractivity contribution < 1.29 is 14.3 Å². The number of hydrogen-bond donors (Lipinski definition) is 0. The van der Waals surface area contributed by atoms with Gasteiger partial charge in [0, 0.05) is 18.3 Å². The molecule has 4 nitrogen and oxygen atoms in total. The molecule has 4 heteroatoms. The predicted molar refractivity (Wildman–Crippen MR) is 81.6 cm³/mol. The Labute approximate surface area is 126 Å². The number of methoxy groups -OCH3 is 1. The van der Waals surface area contributed by atoms with Crippen molar-refractivity contribution in [2.75, 3.05) is 18.6 Å². The summed E-state index contributed by atoms with van der Waals surface area (Å²) in [7, 11) is 1.65. The van der Waals surface area contributed by atoms with Crippen LogP contribution in [0, 0.1) is 5.92 Å². The van der Waals surface area contributed by atoms with Crippen molar-refractivity contribution >= 4 is 11.6 Å². The third kappa shape index (κ3) is 3.05. The second kappa shape index (κ2) is 6.06. The van der Waals surface area contributed by atoms with Crippen molar-refractivity contribution in [3.8, 4) is 5.75 Å². The highest BCUT2D eigenvalue weighted by Crippen LogP contribution is 2.38. The van der Waals surface area contributed by atoms with Gasteiger partial charge in [-0.25, -0.2) is 0 Å². The Balaban J connectivity index is 1.84. The van der Waals surface area contributed by atoms with Crippen LogP contribution < -0.4 is 9.64 Å². The smallest absolute Gasteiger partial charge is 0.256 e. The van der Waals surface area contributed by atoms with E-state index in [0.717, 1.165) is 24.3 Å². The number of benzene rings is 1. The molecule has 1 aromatic rings. The third-order valence-electron chi connectivity index (χ3n) is 4.50. The molecule has 0 N–H and O–H groups in total. The normalized spacial score (nSPS) is 22.9. The standard InChI is InChI=1S/C17H23NO3/c1-12(13-5-6-13)18(17(19)16-4-3-11-21-16)14-7-9-15(20-2)10-8-14/h7-10,12-13,16H,3-6,11H2,1-2H3. The molecule has 1 saturated heterocycles. The van der Waals surface area contributed by atoms with Crippen LogP contribution in [0.15, 0.2) is 24.3 Å². The molecule has 1 amide bonds. The van der Waals surface area contributed by atoms with E-state index in [-0.39, 0.29) is 18.1 Å². The number of hydrogen-bond acceptors (Lipinski definition) is 3. The lowest BCUT2D eigenvalue weighted by atomic mass is 10.1. The van der Waals surface area contributed by atoms with Gasteiger partial charge in [0.1, 0.15) is 11.9 Å². The van der Waals surface area contributed by atoms with Gasteiger partial charge in [-0.05, 0) is 62.8 Å². The number of carbonyl (C=O) groups is 1. The minimum Gasteiger partial charge on any atom is -0.497 e. The van der Waals surface area contributed by atoms with Crippen molar-refractivity contribution in [3.05, 3.63) is 24.3 Å². The molecule has 2 unspecified atom stereocenters. The molecule has 1 saturated carbocycles. The van der Waals surface area contributed by atoms with E-state index in [0.29, 0.717) is 12.5 Å². The fourth-order valence-corrected chi connectivity index (χ4v) is 3.02. The van der Waals surface area contributed by atoms with E-state index in [1.807, 2.05) is 29.2 Å².